The van der Waals surface area contributed by atoms with Gasteiger partial charge in [0, 0.05) is 17.1 Å². The van der Waals surface area contributed by atoms with Crippen LogP contribution in [0.1, 0.15) is 39.2 Å². The zero-order valence-corrected chi connectivity index (χ0v) is 12.1. The van der Waals surface area contributed by atoms with Gasteiger partial charge in [0.1, 0.15) is 0 Å². The Hall–Kier alpha value is -0.230. The lowest BCUT2D eigenvalue weighted by molar-refractivity contribution is 0.534. The molecule has 0 bridgehead atoms. The van der Waals surface area contributed by atoms with Gasteiger partial charge in [-0.2, -0.15) is 0 Å². The molecule has 1 aromatic heterocycles. The Morgan fingerprint density at radius 3 is 2.81 bits per heavy atom. The first-order chi connectivity index (χ1) is 7.66. The maximum absolute atomic E-state index is 11.4. The van der Waals surface area contributed by atoms with Crippen LogP contribution in [0.4, 0.5) is 0 Å². The minimum Gasteiger partial charge on any atom is -0.268 e. The molecule has 0 unspecified atom stereocenters. The van der Waals surface area contributed by atoms with Gasteiger partial charge in [-0.25, -0.2) is 9.89 Å². The number of aromatic amines is 1. The van der Waals surface area contributed by atoms with E-state index in [1.54, 1.807) is 16.3 Å². The summed E-state index contributed by atoms with van der Waals surface area (Å²) in [7, 11) is 0. The second-order valence-corrected chi connectivity index (χ2v) is 5.73. The number of aromatic nitrogens is 3. The second kappa shape index (κ2) is 7.17. The Labute approximate surface area is 108 Å². The number of hydrogen-bond donors (Lipinski definition) is 1. The van der Waals surface area contributed by atoms with Crippen LogP contribution in [0.3, 0.4) is 0 Å². The van der Waals surface area contributed by atoms with Crippen molar-refractivity contribution in [2.75, 3.05) is 11.1 Å². The highest BCUT2D eigenvalue weighted by Crippen LogP contribution is 2.18. The van der Waals surface area contributed by atoms with E-state index in [9.17, 15) is 4.79 Å². The molecule has 1 aromatic rings. The molecule has 1 heterocycles. The SMILES string of the molecule is CC(C)n1c(SCCCCCBr)n[nH]c1=O. The van der Waals surface area contributed by atoms with Crippen molar-refractivity contribution in [3.63, 3.8) is 0 Å². The topological polar surface area (TPSA) is 50.7 Å². The van der Waals surface area contributed by atoms with E-state index in [0.717, 1.165) is 22.7 Å². The molecule has 4 nitrogen and oxygen atoms in total. The quantitative estimate of drug-likeness (QED) is 0.479. The standard InChI is InChI=1S/C10H18BrN3OS/c1-8(2)14-9(15)12-13-10(14)16-7-5-3-4-6-11/h8H,3-7H2,1-2H3,(H,12,15). The molecule has 92 valence electrons. The summed E-state index contributed by atoms with van der Waals surface area (Å²) in [5.74, 6) is 1.02. The molecular formula is C10H18BrN3OS. The molecule has 0 aliphatic heterocycles. The lowest BCUT2D eigenvalue weighted by Gasteiger charge is -2.07. The van der Waals surface area contributed by atoms with Crippen LogP contribution >= 0.6 is 27.7 Å². The molecule has 0 aliphatic rings. The van der Waals surface area contributed by atoms with Gasteiger partial charge in [-0.15, -0.1) is 5.10 Å². The maximum atomic E-state index is 11.4. The predicted octanol–water partition coefficient (Wildman–Crippen LogP) is 2.81. The molecule has 0 aromatic carbocycles. The van der Waals surface area contributed by atoms with E-state index >= 15 is 0 Å². The van der Waals surface area contributed by atoms with E-state index in [1.165, 1.54) is 12.8 Å². The molecule has 16 heavy (non-hydrogen) atoms. The number of halogens is 1. The summed E-state index contributed by atoms with van der Waals surface area (Å²) in [4.78, 5) is 11.4. The smallest absolute Gasteiger partial charge is 0.268 e. The van der Waals surface area contributed by atoms with E-state index in [1.807, 2.05) is 13.8 Å². The summed E-state index contributed by atoms with van der Waals surface area (Å²) in [6.07, 6.45) is 3.59. The number of alkyl halides is 1. The van der Waals surface area contributed by atoms with E-state index in [4.69, 9.17) is 0 Å². The van der Waals surface area contributed by atoms with E-state index in [2.05, 4.69) is 26.1 Å². The van der Waals surface area contributed by atoms with Crippen molar-refractivity contribution in [2.45, 2.75) is 44.3 Å². The summed E-state index contributed by atoms with van der Waals surface area (Å²) >= 11 is 5.06. The molecular weight excluding hydrogens is 290 g/mol. The minimum absolute atomic E-state index is 0.113. The number of hydrogen-bond acceptors (Lipinski definition) is 3. The molecule has 0 atom stereocenters. The molecule has 0 radical (unpaired) electrons. The predicted molar refractivity (Wildman–Crippen MR) is 71.6 cm³/mol. The van der Waals surface area contributed by atoms with Gasteiger partial charge in [0.05, 0.1) is 0 Å². The number of unbranched alkanes of at least 4 members (excludes halogenated alkanes) is 2. The fraction of sp³-hybridized carbons (Fsp3) is 0.800. The highest BCUT2D eigenvalue weighted by atomic mass is 79.9. The third-order valence-corrected chi connectivity index (χ3v) is 3.80. The molecule has 1 rings (SSSR count). The number of nitrogens with zero attached hydrogens (tertiary/aromatic N) is 2. The number of rotatable bonds is 7. The van der Waals surface area contributed by atoms with Crippen molar-refractivity contribution in [2.24, 2.45) is 0 Å². The van der Waals surface area contributed by atoms with Crippen LogP contribution in [-0.2, 0) is 0 Å². The van der Waals surface area contributed by atoms with Crippen LogP contribution in [-0.4, -0.2) is 25.8 Å². The van der Waals surface area contributed by atoms with Crippen molar-refractivity contribution in [3.05, 3.63) is 10.5 Å². The van der Waals surface area contributed by atoms with Crippen molar-refractivity contribution in [1.29, 1.82) is 0 Å². The number of H-pyrrole nitrogens is 1. The second-order valence-electron chi connectivity index (χ2n) is 3.87. The number of nitrogens with one attached hydrogen (secondary N) is 1. The van der Waals surface area contributed by atoms with Crippen LogP contribution in [0, 0.1) is 0 Å². The summed E-state index contributed by atoms with van der Waals surface area (Å²) in [6.45, 7) is 3.98. The van der Waals surface area contributed by atoms with Gasteiger partial charge < -0.3 is 0 Å². The van der Waals surface area contributed by atoms with Gasteiger partial charge in [0.15, 0.2) is 5.16 Å². The van der Waals surface area contributed by atoms with Crippen molar-refractivity contribution < 1.29 is 0 Å². The fourth-order valence-electron chi connectivity index (χ4n) is 1.38. The summed E-state index contributed by atoms with van der Waals surface area (Å²) < 4.78 is 1.70. The molecule has 0 fully saturated rings. The normalized spacial score (nSPS) is 11.2. The van der Waals surface area contributed by atoms with Crippen molar-refractivity contribution in [1.82, 2.24) is 14.8 Å². The molecule has 0 saturated heterocycles. The van der Waals surface area contributed by atoms with Gasteiger partial charge in [0.25, 0.3) is 0 Å². The zero-order chi connectivity index (χ0) is 12.0. The van der Waals surface area contributed by atoms with Gasteiger partial charge in [-0.3, -0.25) is 4.57 Å². The first kappa shape index (κ1) is 13.8. The first-order valence-corrected chi connectivity index (χ1v) is 7.63. The fourth-order valence-corrected chi connectivity index (χ4v) is 2.85. The highest BCUT2D eigenvalue weighted by Gasteiger charge is 2.10. The average Bonchev–Trinajstić information content (AvgIpc) is 2.59. The molecule has 0 saturated carbocycles. The summed E-state index contributed by atoms with van der Waals surface area (Å²) in [6, 6.07) is 0.163. The van der Waals surface area contributed by atoms with Crippen LogP contribution in [0.5, 0.6) is 0 Å². The van der Waals surface area contributed by atoms with Gasteiger partial charge in [-0.1, -0.05) is 34.1 Å². The third-order valence-electron chi connectivity index (χ3n) is 2.20. The van der Waals surface area contributed by atoms with Crippen molar-refractivity contribution >= 4 is 27.7 Å². The lowest BCUT2D eigenvalue weighted by Crippen LogP contribution is -2.19. The number of thioether (sulfide) groups is 1. The maximum Gasteiger partial charge on any atom is 0.344 e. The van der Waals surface area contributed by atoms with E-state index in [-0.39, 0.29) is 11.7 Å². The lowest BCUT2D eigenvalue weighted by atomic mass is 10.3. The van der Waals surface area contributed by atoms with E-state index in [0.29, 0.717) is 0 Å². The Kier molecular flexibility index (Phi) is 6.20. The van der Waals surface area contributed by atoms with Gasteiger partial charge in [0.2, 0.25) is 0 Å². The third kappa shape index (κ3) is 3.97. The Morgan fingerprint density at radius 2 is 2.19 bits per heavy atom. The first-order valence-electron chi connectivity index (χ1n) is 5.52. The van der Waals surface area contributed by atoms with Gasteiger partial charge in [-0.05, 0) is 26.7 Å². The Morgan fingerprint density at radius 1 is 1.44 bits per heavy atom. The summed E-state index contributed by atoms with van der Waals surface area (Å²) in [5.41, 5.74) is -0.113. The molecule has 6 heteroatoms. The highest BCUT2D eigenvalue weighted by molar-refractivity contribution is 9.09. The average molecular weight is 308 g/mol. The Bertz CT molecular complexity index is 361. The Balaban J connectivity index is 2.45. The monoisotopic (exact) mass is 307 g/mol. The van der Waals surface area contributed by atoms with Crippen LogP contribution < -0.4 is 5.69 Å². The van der Waals surface area contributed by atoms with Crippen LogP contribution in [0.15, 0.2) is 9.95 Å². The van der Waals surface area contributed by atoms with Crippen LogP contribution in [0.25, 0.3) is 0 Å². The summed E-state index contributed by atoms with van der Waals surface area (Å²) in [5, 5.41) is 8.40. The molecule has 0 amide bonds. The van der Waals surface area contributed by atoms with Gasteiger partial charge >= 0.3 is 5.69 Å². The molecule has 0 aliphatic carbocycles. The largest absolute Gasteiger partial charge is 0.344 e. The zero-order valence-electron chi connectivity index (χ0n) is 9.70. The van der Waals surface area contributed by atoms with Crippen molar-refractivity contribution in [3.8, 4) is 0 Å². The van der Waals surface area contributed by atoms with E-state index < -0.39 is 0 Å². The van der Waals surface area contributed by atoms with Crippen LogP contribution in [0.2, 0.25) is 0 Å². The minimum atomic E-state index is -0.113. The molecule has 0 spiro atoms. The molecule has 1 N–H and O–H groups in total.